The number of sulfonamides is 1. The summed E-state index contributed by atoms with van der Waals surface area (Å²) in [5.41, 5.74) is 2.62. The molecule has 0 aliphatic heterocycles. The lowest BCUT2D eigenvalue weighted by Crippen LogP contribution is -2.18. The van der Waals surface area contributed by atoms with E-state index >= 15 is 0 Å². The van der Waals surface area contributed by atoms with Crippen LogP contribution in [0.2, 0.25) is 0 Å². The molecule has 26 heavy (non-hydrogen) atoms. The summed E-state index contributed by atoms with van der Waals surface area (Å²) in [4.78, 5) is 8.71. The number of ether oxygens (including phenoxy) is 1. The van der Waals surface area contributed by atoms with E-state index in [1.807, 2.05) is 0 Å². The van der Waals surface area contributed by atoms with Crippen LogP contribution >= 0.6 is 0 Å². The van der Waals surface area contributed by atoms with Crippen molar-refractivity contribution in [1.82, 2.24) is 19.6 Å². The van der Waals surface area contributed by atoms with Crippen LogP contribution in [0.5, 0.6) is 5.88 Å². The Labute approximate surface area is 150 Å². The highest BCUT2D eigenvalue weighted by molar-refractivity contribution is 7.93. The van der Waals surface area contributed by atoms with Crippen molar-refractivity contribution in [3.63, 3.8) is 0 Å². The van der Waals surface area contributed by atoms with Crippen molar-refractivity contribution in [3.05, 3.63) is 36.3 Å². The molecule has 0 aromatic carbocycles. The van der Waals surface area contributed by atoms with Crippen LogP contribution in [0, 0.1) is 12.3 Å². The van der Waals surface area contributed by atoms with E-state index in [2.05, 4.69) is 25.7 Å². The molecule has 3 aromatic rings. The van der Waals surface area contributed by atoms with E-state index < -0.39 is 10.0 Å². The molecule has 4 rings (SSSR count). The van der Waals surface area contributed by atoms with Gasteiger partial charge in [0.2, 0.25) is 15.9 Å². The number of hydrogen-bond acceptors (Lipinski definition) is 6. The summed E-state index contributed by atoms with van der Waals surface area (Å²) in [6.45, 7) is 0. The van der Waals surface area contributed by atoms with Gasteiger partial charge in [-0.15, -0.1) is 6.42 Å². The van der Waals surface area contributed by atoms with Crippen LogP contribution in [-0.4, -0.2) is 40.4 Å². The number of nitrogens with one attached hydrogen (secondary N) is 1. The second-order valence-electron chi connectivity index (χ2n) is 5.91. The van der Waals surface area contributed by atoms with Crippen molar-refractivity contribution in [2.24, 2.45) is 0 Å². The quantitative estimate of drug-likeness (QED) is 0.687. The van der Waals surface area contributed by atoms with Crippen LogP contribution < -0.4 is 9.46 Å². The van der Waals surface area contributed by atoms with Crippen molar-refractivity contribution in [3.8, 4) is 29.5 Å². The summed E-state index contributed by atoms with van der Waals surface area (Å²) in [5, 5.41) is 3.78. The summed E-state index contributed by atoms with van der Waals surface area (Å²) in [6.07, 6.45) is 11.7. The SMILES string of the molecule is C#Cc1cnn2ccc(-c3cnc(OC)c(NS(=O)(=O)C4CC4)c3)nc12. The summed E-state index contributed by atoms with van der Waals surface area (Å²) in [5.74, 6) is 2.74. The molecule has 132 valence electrons. The van der Waals surface area contributed by atoms with Gasteiger partial charge in [-0.1, -0.05) is 5.92 Å². The molecule has 0 spiro atoms. The topological polar surface area (TPSA) is 98.5 Å². The zero-order chi connectivity index (χ0) is 18.3. The van der Waals surface area contributed by atoms with Crippen LogP contribution in [0.25, 0.3) is 16.9 Å². The van der Waals surface area contributed by atoms with Crippen LogP contribution in [-0.2, 0) is 10.0 Å². The van der Waals surface area contributed by atoms with Gasteiger partial charge in [0.05, 0.1) is 29.8 Å². The zero-order valence-electron chi connectivity index (χ0n) is 13.9. The highest BCUT2D eigenvalue weighted by Gasteiger charge is 2.36. The number of anilines is 1. The van der Waals surface area contributed by atoms with Gasteiger partial charge >= 0.3 is 0 Å². The van der Waals surface area contributed by atoms with Gasteiger partial charge in [-0.3, -0.25) is 4.72 Å². The van der Waals surface area contributed by atoms with E-state index in [0.29, 0.717) is 35.3 Å². The van der Waals surface area contributed by atoms with Gasteiger partial charge in [0.25, 0.3) is 0 Å². The van der Waals surface area contributed by atoms with Gasteiger partial charge < -0.3 is 4.74 Å². The summed E-state index contributed by atoms with van der Waals surface area (Å²) >= 11 is 0. The smallest absolute Gasteiger partial charge is 0.238 e. The third-order valence-corrected chi connectivity index (χ3v) is 5.93. The summed E-state index contributed by atoms with van der Waals surface area (Å²) < 4.78 is 33.8. The van der Waals surface area contributed by atoms with Crippen molar-refractivity contribution in [2.75, 3.05) is 11.8 Å². The molecule has 1 N–H and O–H groups in total. The first-order valence-electron chi connectivity index (χ1n) is 7.89. The Morgan fingerprint density at radius 1 is 1.38 bits per heavy atom. The minimum Gasteiger partial charge on any atom is -0.480 e. The molecule has 0 radical (unpaired) electrons. The van der Waals surface area contributed by atoms with Gasteiger partial charge in [-0.05, 0) is 25.0 Å². The van der Waals surface area contributed by atoms with Gasteiger partial charge in [0, 0.05) is 18.0 Å². The Morgan fingerprint density at radius 3 is 2.88 bits per heavy atom. The van der Waals surface area contributed by atoms with E-state index in [1.54, 1.807) is 35.2 Å². The Balaban J connectivity index is 1.77. The second kappa shape index (κ2) is 6.00. The molecule has 0 bridgehead atoms. The molecule has 0 saturated heterocycles. The first kappa shape index (κ1) is 16.4. The molecule has 1 fully saturated rings. The maximum absolute atomic E-state index is 12.3. The predicted molar refractivity (Wildman–Crippen MR) is 96.3 cm³/mol. The van der Waals surface area contributed by atoms with E-state index in [4.69, 9.17) is 11.2 Å². The van der Waals surface area contributed by atoms with Crippen molar-refractivity contribution in [1.29, 1.82) is 0 Å². The standard InChI is InChI=1S/C17H15N5O3S/c1-3-11-10-19-22-7-6-14(20-16(11)22)12-8-15(17(25-2)18-9-12)21-26(23,24)13-4-5-13/h1,6-10,13,21H,4-5H2,2H3. The van der Waals surface area contributed by atoms with E-state index in [0.717, 1.165) is 0 Å². The van der Waals surface area contributed by atoms with Crippen LogP contribution in [0.4, 0.5) is 5.69 Å². The molecule has 0 unspecified atom stereocenters. The number of hydrogen-bond donors (Lipinski definition) is 1. The number of methoxy groups -OCH3 is 1. The van der Waals surface area contributed by atoms with Gasteiger partial charge in [0.15, 0.2) is 5.65 Å². The van der Waals surface area contributed by atoms with E-state index in [9.17, 15) is 8.42 Å². The third-order valence-electron chi connectivity index (χ3n) is 4.08. The Bertz CT molecular complexity index is 1140. The highest BCUT2D eigenvalue weighted by Crippen LogP contribution is 2.33. The molecule has 3 aromatic heterocycles. The number of rotatable bonds is 5. The largest absolute Gasteiger partial charge is 0.480 e. The molecule has 1 aliphatic carbocycles. The fourth-order valence-corrected chi connectivity index (χ4v) is 3.95. The predicted octanol–water partition coefficient (Wildman–Crippen LogP) is 1.69. The Morgan fingerprint density at radius 2 is 2.19 bits per heavy atom. The van der Waals surface area contributed by atoms with Crippen molar-refractivity contribution < 1.29 is 13.2 Å². The fourth-order valence-electron chi connectivity index (χ4n) is 2.57. The molecular formula is C17H15N5O3S. The van der Waals surface area contributed by atoms with Crippen molar-refractivity contribution >= 4 is 21.4 Å². The minimum absolute atomic E-state index is 0.202. The molecule has 3 heterocycles. The number of terminal acetylenes is 1. The second-order valence-corrected chi connectivity index (χ2v) is 7.87. The Kier molecular flexibility index (Phi) is 3.77. The lowest BCUT2D eigenvalue weighted by molar-refractivity contribution is 0.400. The van der Waals surface area contributed by atoms with Gasteiger partial charge in [-0.2, -0.15) is 5.10 Å². The molecule has 9 heteroatoms. The minimum atomic E-state index is -3.44. The Hall–Kier alpha value is -3.12. The van der Waals surface area contributed by atoms with Crippen LogP contribution in [0.1, 0.15) is 18.4 Å². The van der Waals surface area contributed by atoms with Crippen LogP contribution in [0.3, 0.4) is 0 Å². The van der Waals surface area contributed by atoms with Crippen LogP contribution in [0.15, 0.2) is 30.7 Å². The summed E-state index contributed by atoms with van der Waals surface area (Å²) in [6, 6.07) is 3.40. The highest BCUT2D eigenvalue weighted by atomic mass is 32.2. The molecule has 0 amide bonds. The third kappa shape index (κ3) is 2.84. The van der Waals surface area contributed by atoms with Crippen molar-refractivity contribution in [2.45, 2.75) is 18.1 Å². The van der Waals surface area contributed by atoms with Gasteiger partial charge in [-0.25, -0.2) is 22.9 Å². The van der Waals surface area contributed by atoms with E-state index in [1.165, 1.54) is 7.11 Å². The number of aromatic nitrogens is 4. The number of nitrogens with zero attached hydrogens (tertiary/aromatic N) is 4. The first-order chi connectivity index (χ1) is 12.5. The average Bonchev–Trinajstić information content (AvgIpc) is 3.42. The lowest BCUT2D eigenvalue weighted by atomic mass is 10.2. The monoisotopic (exact) mass is 369 g/mol. The maximum atomic E-state index is 12.3. The number of fused-ring (bicyclic) bond motifs is 1. The molecule has 1 saturated carbocycles. The van der Waals surface area contributed by atoms with Gasteiger partial charge in [0.1, 0.15) is 5.69 Å². The normalized spacial score (nSPS) is 14.2. The molecular weight excluding hydrogens is 354 g/mol. The average molecular weight is 369 g/mol. The zero-order valence-corrected chi connectivity index (χ0v) is 14.7. The fraction of sp³-hybridized carbons (Fsp3) is 0.235. The van der Waals surface area contributed by atoms with E-state index in [-0.39, 0.29) is 16.8 Å². The molecule has 8 nitrogen and oxygen atoms in total. The maximum Gasteiger partial charge on any atom is 0.238 e. The lowest BCUT2D eigenvalue weighted by Gasteiger charge is -2.12. The summed E-state index contributed by atoms with van der Waals surface area (Å²) in [7, 11) is -2.00. The number of pyridine rings is 1. The molecule has 0 atom stereocenters. The first-order valence-corrected chi connectivity index (χ1v) is 9.43. The molecule has 1 aliphatic rings.